The highest BCUT2D eigenvalue weighted by molar-refractivity contribution is 6.08. The molecule has 28 heavy (non-hydrogen) atoms. The number of aliphatic hydroxyl groups is 1. The molecule has 0 atom stereocenters. The zero-order chi connectivity index (χ0) is 19.1. The van der Waals surface area contributed by atoms with Gasteiger partial charge >= 0.3 is 0 Å². The maximum absolute atomic E-state index is 9.38. The fourth-order valence-corrected chi connectivity index (χ4v) is 3.78. The number of aromatic amines is 1. The van der Waals surface area contributed by atoms with Gasteiger partial charge in [-0.25, -0.2) is 4.98 Å². The lowest BCUT2D eigenvalue weighted by molar-refractivity contribution is 0.282. The summed E-state index contributed by atoms with van der Waals surface area (Å²) >= 11 is 0. The van der Waals surface area contributed by atoms with Crippen LogP contribution in [0.4, 0.5) is 5.82 Å². The molecule has 0 spiro atoms. The maximum Gasteiger partial charge on any atom is 0.150 e. The molecule has 3 heterocycles. The summed E-state index contributed by atoms with van der Waals surface area (Å²) in [4.78, 5) is 12.3. The van der Waals surface area contributed by atoms with Crippen molar-refractivity contribution in [3.05, 3.63) is 77.6 Å². The Morgan fingerprint density at radius 1 is 0.893 bits per heavy atom. The van der Waals surface area contributed by atoms with Gasteiger partial charge in [-0.1, -0.05) is 18.2 Å². The third-order valence-electron chi connectivity index (χ3n) is 5.28. The molecule has 0 unspecified atom stereocenters. The standard InChI is InChI=1S/C23H20N4O/c24-23-22-19(18-5-3-16(13-28)11-21(18)27-23)10-15(12-26-22)2-1-14-4-6-20-17(9-14)7-8-25-20/h3-12,25,28H,1-2,13H2,(H2,24,27). The summed E-state index contributed by atoms with van der Waals surface area (Å²) < 4.78 is 0. The van der Waals surface area contributed by atoms with Crippen LogP contribution in [0, 0.1) is 0 Å². The van der Waals surface area contributed by atoms with Crippen LogP contribution in [0.15, 0.2) is 60.9 Å². The van der Waals surface area contributed by atoms with Crippen LogP contribution in [0.5, 0.6) is 0 Å². The van der Waals surface area contributed by atoms with Gasteiger partial charge in [-0.2, -0.15) is 0 Å². The Labute approximate surface area is 161 Å². The van der Waals surface area contributed by atoms with E-state index in [2.05, 4.69) is 45.3 Å². The van der Waals surface area contributed by atoms with E-state index in [-0.39, 0.29) is 6.61 Å². The molecule has 5 rings (SSSR count). The number of nitrogens with one attached hydrogen (secondary N) is 1. The Balaban J connectivity index is 1.51. The minimum Gasteiger partial charge on any atom is -0.392 e. The van der Waals surface area contributed by atoms with Gasteiger partial charge in [0.25, 0.3) is 0 Å². The fraction of sp³-hybridized carbons (Fsp3) is 0.130. The van der Waals surface area contributed by atoms with Gasteiger partial charge in [-0.15, -0.1) is 0 Å². The van der Waals surface area contributed by atoms with E-state index in [1.807, 2.05) is 30.6 Å². The third kappa shape index (κ3) is 2.86. The van der Waals surface area contributed by atoms with E-state index < -0.39 is 0 Å². The van der Waals surface area contributed by atoms with Gasteiger partial charge in [-0.3, -0.25) is 4.98 Å². The van der Waals surface area contributed by atoms with Crippen LogP contribution in [0.2, 0.25) is 0 Å². The summed E-state index contributed by atoms with van der Waals surface area (Å²) in [6.45, 7) is -0.0145. The van der Waals surface area contributed by atoms with Crippen LogP contribution < -0.4 is 5.73 Å². The molecule has 138 valence electrons. The highest BCUT2D eigenvalue weighted by Crippen LogP contribution is 2.28. The Hall–Kier alpha value is -3.44. The number of anilines is 1. The Bertz CT molecular complexity index is 1320. The summed E-state index contributed by atoms with van der Waals surface area (Å²) in [5.74, 6) is 0.419. The van der Waals surface area contributed by atoms with Crippen LogP contribution in [0.1, 0.15) is 16.7 Å². The summed E-state index contributed by atoms with van der Waals surface area (Å²) in [5.41, 5.74) is 12.1. The topological polar surface area (TPSA) is 87.8 Å². The predicted octanol–water partition coefficient (Wildman–Crippen LogP) is 4.12. The monoisotopic (exact) mass is 368 g/mol. The molecule has 0 aliphatic rings. The highest BCUT2D eigenvalue weighted by atomic mass is 16.3. The van der Waals surface area contributed by atoms with Crippen molar-refractivity contribution in [3.63, 3.8) is 0 Å². The number of H-pyrrole nitrogens is 1. The molecule has 5 aromatic rings. The van der Waals surface area contributed by atoms with Crippen molar-refractivity contribution in [1.82, 2.24) is 15.0 Å². The quantitative estimate of drug-likeness (QED) is 0.416. The number of nitrogen functional groups attached to an aromatic ring is 1. The van der Waals surface area contributed by atoms with Crippen LogP contribution in [-0.4, -0.2) is 20.1 Å². The molecule has 4 N–H and O–H groups in total. The van der Waals surface area contributed by atoms with Crippen molar-refractivity contribution in [2.75, 3.05) is 5.73 Å². The number of pyridine rings is 2. The molecule has 0 amide bonds. The van der Waals surface area contributed by atoms with Gasteiger partial charge in [0.05, 0.1) is 12.1 Å². The molecule has 0 bridgehead atoms. The number of aryl methyl sites for hydroxylation is 2. The first-order valence-electron chi connectivity index (χ1n) is 9.35. The van der Waals surface area contributed by atoms with Gasteiger partial charge in [0.1, 0.15) is 5.52 Å². The molecular formula is C23H20N4O. The average Bonchev–Trinajstić information content (AvgIpc) is 3.19. The van der Waals surface area contributed by atoms with Crippen molar-refractivity contribution < 1.29 is 5.11 Å². The second kappa shape index (κ2) is 6.62. The molecule has 0 aliphatic heterocycles. The lowest BCUT2D eigenvalue weighted by atomic mass is 10.0. The number of hydrogen-bond donors (Lipinski definition) is 3. The van der Waals surface area contributed by atoms with Gasteiger partial charge < -0.3 is 15.8 Å². The van der Waals surface area contributed by atoms with Crippen molar-refractivity contribution in [3.8, 4) is 0 Å². The van der Waals surface area contributed by atoms with E-state index in [0.717, 1.165) is 45.7 Å². The van der Waals surface area contributed by atoms with E-state index >= 15 is 0 Å². The molecule has 3 aromatic heterocycles. The second-order valence-corrected chi connectivity index (χ2v) is 7.15. The lowest BCUT2D eigenvalue weighted by Gasteiger charge is -2.09. The largest absolute Gasteiger partial charge is 0.392 e. The molecule has 2 aromatic carbocycles. The number of rotatable bonds is 4. The van der Waals surface area contributed by atoms with E-state index in [1.54, 1.807) is 0 Å². The van der Waals surface area contributed by atoms with Gasteiger partial charge in [-0.05, 0) is 65.3 Å². The molecular weight excluding hydrogens is 348 g/mol. The summed E-state index contributed by atoms with van der Waals surface area (Å²) in [7, 11) is 0. The number of aliphatic hydroxyl groups excluding tert-OH is 1. The maximum atomic E-state index is 9.38. The van der Waals surface area contributed by atoms with E-state index in [4.69, 9.17) is 5.73 Å². The number of nitrogens with two attached hydrogens (primary N) is 1. The Morgan fingerprint density at radius 3 is 2.64 bits per heavy atom. The summed E-state index contributed by atoms with van der Waals surface area (Å²) in [6, 6.07) is 16.6. The first-order valence-corrected chi connectivity index (χ1v) is 9.35. The minimum absolute atomic E-state index is 0.0145. The molecule has 0 radical (unpaired) electrons. The zero-order valence-electron chi connectivity index (χ0n) is 15.3. The van der Waals surface area contributed by atoms with Crippen LogP contribution >= 0.6 is 0 Å². The fourth-order valence-electron chi connectivity index (χ4n) is 3.78. The molecule has 0 saturated carbocycles. The smallest absolute Gasteiger partial charge is 0.150 e. The van der Waals surface area contributed by atoms with Crippen molar-refractivity contribution in [2.45, 2.75) is 19.4 Å². The van der Waals surface area contributed by atoms with E-state index in [1.165, 1.54) is 16.5 Å². The number of aromatic nitrogens is 3. The van der Waals surface area contributed by atoms with Crippen molar-refractivity contribution in [2.24, 2.45) is 0 Å². The van der Waals surface area contributed by atoms with Crippen molar-refractivity contribution in [1.29, 1.82) is 0 Å². The van der Waals surface area contributed by atoms with Crippen LogP contribution in [0.25, 0.3) is 32.7 Å². The summed E-state index contributed by atoms with van der Waals surface area (Å²) in [5, 5.41) is 12.6. The van der Waals surface area contributed by atoms with Crippen LogP contribution in [0.3, 0.4) is 0 Å². The summed E-state index contributed by atoms with van der Waals surface area (Å²) in [6.07, 6.45) is 5.70. The first kappa shape index (κ1) is 16.7. The number of hydrogen-bond acceptors (Lipinski definition) is 4. The number of nitrogens with zero attached hydrogens (tertiary/aromatic N) is 2. The molecule has 5 heteroatoms. The van der Waals surface area contributed by atoms with Gasteiger partial charge in [0.2, 0.25) is 0 Å². The second-order valence-electron chi connectivity index (χ2n) is 7.15. The predicted molar refractivity (Wildman–Crippen MR) is 113 cm³/mol. The SMILES string of the molecule is Nc1nc2cc(CO)ccc2c2cc(CCc3ccc4[nH]ccc4c3)cnc12. The van der Waals surface area contributed by atoms with E-state index in [9.17, 15) is 5.11 Å². The Kier molecular flexibility index (Phi) is 3.95. The van der Waals surface area contributed by atoms with Gasteiger partial charge in [0.15, 0.2) is 5.82 Å². The average molecular weight is 368 g/mol. The zero-order valence-corrected chi connectivity index (χ0v) is 15.3. The molecule has 0 fully saturated rings. The Morgan fingerprint density at radius 2 is 1.75 bits per heavy atom. The number of fused-ring (bicyclic) bond motifs is 4. The first-order chi connectivity index (χ1) is 13.7. The molecule has 5 nitrogen and oxygen atoms in total. The normalized spacial score (nSPS) is 11.6. The third-order valence-corrected chi connectivity index (χ3v) is 5.28. The highest BCUT2D eigenvalue weighted by Gasteiger charge is 2.09. The van der Waals surface area contributed by atoms with Crippen molar-refractivity contribution >= 4 is 38.5 Å². The minimum atomic E-state index is -0.0145. The number of benzene rings is 2. The molecule has 0 saturated heterocycles. The van der Waals surface area contributed by atoms with Gasteiger partial charge in [0, 0.05) is 28.7 Å². The lowest BCUT2D eigenvalue weighted by Crippen LogP contribution is -1.98. The van der Waals surface area contributed by atoms with E-state index in [0.29, 0.717) is 5.82 Å². The molecule has 0 aliphatic carbocycles. The van der Waals surface area contributed by atoms with Crippen LogP contribution in [-0.2, 0) is 19.4 Å².